The fraction of sp³-hybridized carbons (Fsp3) is 0.368. The van der Waals surface area contributed by atoms with Gasteiger partial charge in [0.25, 0.3) is 0 Å². The Morgan fingerprint density at radius 1 is 1.23 bits per heavy atom. The fourth-order valence-electron chi connectivity index (χ4n) is 3.41. The first-order chi connectivity index (χ1) is 12.6. The van der Waals surface area contributed by atoms with Gasteiger partial charge in [0, 0.05) is 22.9 Å². The van der Waals surface area contributed by atoms with E-state index in [1.54, 1.807) is 18.0 Å². The maximum absolute atomic E-state index is 13.2. The van der Waals surface area contributed by atoms with Crippen molar-refractivity contribution in [3.8, 4) is 0 Å². The molecule has 1 heterocycles. The molecule has 1 aliphatic heterocycles. The van der Waals surface area contributed by atoms with E-state index in [1.165, 1.54) is 21.3 Å². The van der Waals surface area contributed by atoms with Gasteiger partial charge in [-0.05, 0) is 29.7 Å². The van der Waals surface area contributed by atoms with E-state index in [1.807, 2.05) is 24.3 Å². The topological polar surface area (TPSA) is 73.9 Å². The van der Waals surface area contributed by atoms with Crippen LogP contribution in [-0.2, 0) is 23.8 Å². The molecular weight excluding hydrogens is 354 g/mol. The van der Waals surface area contributed by atoms with Gasteiger partial charge in [-0.2, -0.15) is 0 Å². The van der Waals surface area contributed by atoms with Crippen LogP contribution >= 0.6 is 11.9 Å². The normalized spacial score (nSPS) is 22.4. The molecule has 7 heteroatoms. The third kappa shape index (κ3) is 3.37. The summed E-state index contributed by atoms with van der Waals surface area (Å²) in [6.07, 6.45) is 1.69. The van der Waals surface area contributed by atoms with Crippen molar-refractivity contribution in [1.82, 2.24) is 4.72 Å². The summed E-state index contributed by atoms with van der Waals surface area (Å²) in [5.41, 5.74) is 1.58. The number of carbonyl (C=O) groups excluding carboxylic acids is 2. The summed E-state index contributed by atoms with van der Waals surface area (Å²) in [5.74, 6) is -0.491. The predicted octanol–water partition coefficient (Wildman–Crippen LogP) is 2.57. The SMILES string of the molecule is COC(=O)CC1=C(OC)C(=O)C(C2CNSc3ccccc32)C(OC)=C1. The number of esters is 1. The van der Waals surface area contributed by atoms with Crippen molar-refractivity contribution < 1.29 is 23.8 Å². The van der Waals surface area contributed by atoms with Crippen LogP contribution in [0, 0.1) is 5.92 Å². The highest BCUT2D eigenvalue weighted by molar-refractivity contribution is 7.97. The molecule has 0 fully saturated rings. The van der Waals surface area contributed by atoms with Gasteiger partial charge in [0.1, 0.15) is 5.76 Å². The monoisotopic (exact) mass is 375 g/mol. The van der Waals surface area contributed by atoms with Gasteiger partial charge in [0.15, 0.2) is 5.76 Å². The van der Waals surface area contributed by atoms with Crippen LogP contribution in [0.2, 0.25) is 0 Å². The maximum atomic E-state index is 13.2. The summed E-state index contributed by atoms with van der Waals surface area (Å²) in [6.45, 7) is 0.627. The zero-order valence-electron chi connectivity index (χ0n) is 14.9. The Labute approximate surface area is 156 Å². The third-order valence-electron chi connectivity index (χ3n) is 4.63. The molecule has 2 atom stereocenters. The molecule has 2 aliphatic rings. The lowest BCUT2D eigenvalue weighted by Crippen LogP contribution is -2.36. The van der Waals surface area contributed by atoms with Gasteiger partial charge in [0.2, 0.25) is 5.78 Å². The van der Waals surface area contributed by atoms with Gasteiger partial charge in [-0.3, -0.25) is 14.3 Å². The van der Waals surface area contributed by atoms with E-state index < -0.39 is 11.9 Å². The largest absolute Gasteiger partial charge is 0.500 e. The van der Waals surface area contributed by atoms with Crippen molar-refractivity contribution in [2.24, 2.45) is 5.92 Å². The van der Waals surface area contributed by atoms with Crippen LogP contribution in [0.3, 0.4) is 0 Å². The first-order valence-electron chi connectivity index (χ1n) is 8.23. The standard InChI is InChI=1S/C19H21NO5S/c1-23-14-8-11(9-16(21)24-2)19(25-3)18(22)17(14)13-10-20-26-15-7-5-4-6-12(13)15/h4-8,13,17,20H,9-10H2,1-3H3. The molecule has 0 spiro atoms. The lowest BCUT2D eigenvalue weighted by atomic mass is 9.77. The molecule has 26 heavy (non-hydrogen) atoms. The second kappa shape index (κ2) is 7.97. The number of ketones is 1. The molecule has 1 aliphatic carbocycles. The highest BCUT2D eigenvalue weighted by Crippen LogP contribution is 2.42. The molecule has 1 aromatic carbocycles. The van der Waals surface area contributed by atoms with Crippen molar-refractivity contribution >= 4 is 23.7 Å². The Bertz CT molecular complexity index is 786. The van der Waals surface area contributed by atoms with Crippen LogP contribution in [0.5, 0.6) is 0 Å². The minimum Gasteiger partial charge on any atom is -0.500 e. The van der Waals surface area contributed by atoms with Crippen molar-refractivity contribution in [1.29, 1.82) is 0 Å². The van der Waals surface area contributed by atoms with Crippen molar-refractivity contribution in [2.75, 3.05) is 27.9 Å². The van der Waals surface area contributed by atoms with Gasteiger partial charge in [-0.25, -0.2) is 0 Å². The minimum atomic E-state index is -0.508. The Morgan fingerprint density at radius 2 is 2.00 bits per heavy atom. The highest BCUT2D eigenvalue weighted by Gasteiger charge is 2.41. The summed E-state index contributed by atoms with van der Waals surface area (Å²) in [7, 11) is 4.29. The first-order valence-corrected chi connectivity index (χ1v) is 9.04. The smallest absolute Gasteiger partial charge is 0.310 e. The van der Waals surface area contributed by atoms with Gasteiger partial charge in [-0.1, -0.05) is 18.2 Å². The van der Waals surface area contributed by atoms with Crippen LogP contribution in [0.1, 0.15) is 17.9 Å². The van der Waals surface area contributed by atoms with Crippen molar-refractivity contribution in [3.63, 3.8) is 0 Å². The van der Waals surface area contributed by atoms with Crippen LogP contribution in [0.4, 0.5) is 0 Å². The number of Topliss-reactive ketones (excluding diaryl/α,β-unsaturated/α-hetero) is 1. The molecule has 1 N–H and O–H groups in total. The van der Waals surface area contributed by atoms with Gasteiger partial charge in [-0.15, -0.1) is 0 Å². The van der Waals surface area contributed by atoms with E-state index in [0.29, 0.717) is 17.9 Å². The number of ether oxygens (including phenoxy) is 3. The maximum Gasteiger partial charge on any atom is 0.310 e. The molecule has 6 nitrogen and oxygen atoms in total. The molecule has 0 saturated heterocycles. The zero-order chi connectivity index (χ0) is 18.7. The van der Waals surface area contributed by atoms with E-state index in [9.17, 15) is 9.59 Å². The number of methoxy groups -OCH3 is 3. The molecule has 2 unspecified atom stereocenters. The summed E-state index contributed by atoms with van der Waals surface area (Å²) >= 11 is 1.56. The molecule has 0 bridgehead atoms. The third-order valence-corrected chi connectivity index (χ3v) is 5.53. The molecule has 0 aromatic heterocycles. The molecule has 3 rings (SSSR count). The highest BCUT2D eigenvalue weighted by atomic mass is 32.2. The van der Waals surface area contributed by atoms with E-state index in [-0.39, 0.29) is 23.9 Å². The lowest BCUT2D eigenvalue weighted by molar-refractivity contribution is -0.139. The Kier molecular flexibility index (Phi) is 5.68. The van der Waals surface area contributed by atoms with Crippen molar-refractivity contribution in [2.45, 2.75) is 17.2 Å². The average molecular weight is 375 g/mol. The Balaban J connectivity index is 2.01. The molecule has 0 saturated carbocycles. The van der Waals surface area contributed by atoms with Gasteiger partial charge >= 0.3 is 5.97 Å². The Hall–Kier alpha value is -2.25. The predicted molar refractivity (Wildman–Crippen MR) is 97.3 cm³/mol. The number of nitrogens with one attached hydrogen (secondary N) is 1. The number of hydrogen-bond donors (Lipinski definition) is 1. The van der Waals surface area contributed by atoms with Crippen LogP contribution in [0.25, 0.3) is 0 Å². The van der Waals surface area contributed by atoms with Crippen LogP contribution < -0.4 is 4.72 Å². The van der Waals surface area contributed by atoms with E-state index in [0.717, 1.165) is 10.5 Å². The Morgan fingerprint density at radius 3 is 2.69 bits per heavy atom. The van der Waals surface area contributed by atoms with Crippen molar-refractivity contribution in [3.05, 3.63) is 53.0 Å². The molecule has 0 radical (unpaired) electrons. The second-order valence-corrected chi connectivity index (χ2v) is 6.93. The second-order valence-electron chi connectivity index (χ2n) is 6.00. The molecule has 138 valence electrons. The number of benzene rings is 1. The molecule has 0 amide bonds. The zero-order valence-corrected chi connectivity index (χ0v) is 15.7. The van der Waals surface area contributed by atoms with Crippen LogP contribution in [-0.4, -0.2) is 39.6 Å². The number of rotatable bonds is 5. The summed E-state index contributed by atoms with van der Waals surface area (Å²) in [6, 6.07) is 8.00. The summed E-state index contributed by atoms with van der Waals surface area (Å²) in [5, 5.41) is 0. The van der Waals surface area contributed by atoms with E-state index in [4.69, 9.17) is 14.2 Å². The quantitative estimate of drug-likeness (QED) is 0.626. The number of carbonyl (C=O) groups is 2. The van der Waals surface area contributed by atoms with Gasteiger partial charge < -0.3 is 14.2 Å². The average Bonchev–Trinajstić information content (AvgIpc) is 2.67. The van der Waals surface area contributed by atoms with Gasteiger partial charge in [0.05, 0.1) is 33.7 Å². The fourth-order valence-corrected chi connectivity index (χ4v) is 4.31. The first kappa shape index (κ1) is 18.5. The summed E-state index contributed by atoms with van der Waals surface area (Å²) < 4.78 is 18.9. The van der Waals surface area contributed by atoms with E-state index in [2.05, 4.69) is 4.72 Å². The minimum absolute atomic E-state index is 0.0413. The number of fused-ring (bicyclic) bond motifs is 1. The lowest BCUT2D eigenvalue weighted by Gasteiger charge is -2.34. The molecule has 1 aromatic rings. The molecular formula is C19H21NO5S. The summed E-state index contributed by atoms with van der Waals surface area (Å²) in [4.78, 5) is 26.0. The van der Waals surface area contributed by atoms with Crippen LogP contribution in [0.15, 0.2) is 52.3 Å². The number of allylic oxidation sites excluding steroid dienone is 3. The van der Waals surface area contributed by atoms with E-state index >= 15 is 0 Å². The number of hydrogen-bond acceptors (Lipinski definition) is 7.